The van der Waals surface area contributed by atoms with Gasteiger partial charge < -0.3 is 11.1 Å². The number of hydrogen-bond acceptors (Lipinski definition) is 2. The maximum Gasteiger partial charge on any atom is 0.0118 e. The summed E-state index contributed by atoms with van der Waals surface area (Å²) in [4.78, 5) is 0. The van der Waals surface area contributed by atoms with Crippen molar-refractivity contribution in [1.82, 2.24) is 5.32 Å². The molecule has 4 atom stereocenters. The van der Waals surface area contributed by atoms with E-state index in [0.29, 0.717) is 17.9 Å². The van der Waals surface area contributed by atoms with E-state index in [0.717, 1.165) is 12.5 Å². The molecule has 0 aromatic heterocycles. The zero-order valence-corrected chi connectivity index (χ0v) is 9.80. The minimum absolute atomic E-state index is 0.601. The van der Waals surface area contributed by atoms with E-state index < -0.39 is 0 Å². The van der Waals surface area contributed by atoms with Gasteiger partial charge in [-0.15, -0.1) is 0 Å². The maximum absolute atomic E-state index is 5.68. The molecule has 0 saturated carbocycles. The van der Waals surface area contributed by atoms with Crippen molar-refractivity contribution in [3.63, 3.8) is 0 Å². The van der Waals surface area contributed by atoms with E-state index >= 15 is 0 Å². The van der Waals surface area contributed by atoms with Crippen LogP contribution in [0.2, 0.25) is 0 Å². The summed E-state index contributed by atoms with van der Waals surface area (Å²) in [5.74, 6) is 1.99. The highest BCUT2D eigenvalue weighted by atomic mass is 14.9. The summed E-state index contributed by atoms with van der Waals surface area (Å²) in [6, 6.07) is 0.601. The van der Waals surface area contributed by atoms with Crippen LogP contribution in [-0.2, 0) is 0 Å². The molecule has 2 nitrogen and oxygen atoms in total. The van der Waals surface area contributed by atoms with Crippen LogP contribution in [0.25, 0.3) is 0 Å². The first-order chi connectivity index (χ1) is 6.08. The van der Waals surface area contributed by atoms with E-state index in [1.54, 1.807) is 0 Å². The van der Waals surface area contributed by atoms with Gasteiger partial charge in [-0.05, 0) is 31.3 Å². The zero-order valence-electron chi connectivity index (χ0n) is 9.80. The Morgan fingerprint density at radius 1 is 1.15 bits per heavy atom. The fourth-order valence-electron chi connectivity index (χ4n) is 1.89. The molecule has 0 spiro atoms. The molecule has 0 aliphatic rings. The second kappa shape index (κ2) is 6.39. The van der Waals surface area contributed by atoms with Crippen LogP contribution in [-0.4, -0.2) is 19.6 Å². The van der Waals surface area contributed by atoms with Gasteiger partial charge in [0.15, 0.2) is 0 Å². The highest BCUT2D eigenvalue weighted by Crippen LogP contribution is 2.21. The van der Waals surface area contributed by atoms with Crippen molar-refractivity contribution in [2.75, 3.05) is 13.6 Å². The second-order valence-electron chi connectivity index (χ2n) is 4.27. The lowest BCUT2D eigenvalue weighted by Crippen LogP contribution is -2.42. The minimum Gasteiger partial charge on any atom is -0.330 e. The summed E-state index contributed by atoms with van der Waals surface area (Å²) in [6.07, 6.45) is 1.23. The molecule has 4 unspecified atom stereocenters. The molecule has 0 aliphatic carbocycles. The van der Waals surface area contributed by atoms with Gasteiger partial charge >= 0.3 is 0 Å². The fourth-order valence-corrected chi connectivity index (χ4v) is 1.89. The van der Waals surface area contributed by atoms with Crippen molar-refractivity contribution in [1.29, 1.82) is 0 Å². The van der Waals surface area contributed by atoms with Crippen molar-refractivity contribution in [3.8, 4) is 0 Å². The van der Waals surface area contributed by atoms with Crippen molar-refractivity contribution in [3.05, 3.63) is 0 Å². The quantitative estimate of drug-likeness (QED) is 0.664. The van der Waals surface area contributed by atoms with E-state index in [2.05, 4.69) is 40.1 Å². The van der Waals surface area contributed by atoms with Gasteiger partial charge in [0.25, 0.3) is 0 Å². The summed E-state index contributed by atoms with van der Waals surface area (Å²) in [7, 11) is 2.05. The second-order valence-corrected chi connectivity index (χ2v) is 4.27. The molecular formula is C11H26N2. The van der Waals surface area contributed by atoms with E-state index in [-0.39, 0.29) is 0 Å². The summed E-state index contributed by atoms with van der Waals surface area (Å²) >= 11 is 0. The first-order valence-corrected chi connectivity index (χ1v) is 5.45. The summed E-state index contributed by atoms with van der Waals surface area (Å²) in [5, 5.41) is 3.41. The molecule has 0 amide bonds. The molecule has 0 aliphatic heterocycles. The van der Waals surface area contributed by atoms with Gasteiger partial charge in [-0.1, -0.05) is 34.1 Å². The summed E-state index contributed by atoms with van der Waals surface area (Å²) < 4.78 is 0. The molecule has 0 rings (SSSR count). The molecule has 0 aromatic rings. The molecule has 0 bridgehead atoms. The van der Waals surface area contributed by atoms with E-state index in [1.165, 1.54) is 6.42 Å². The average Bonchev–Trinajstić information content (AvgIpc) is 2.17. The van der Waals surface area contributed by atoms with Crippen LogP contribution in [0.1, 0.15) is 34.1 Å². The minimum atomic E-state index is 0.601. The van der Waals surface area contributed by atoms with E-state index in [1.807, 2.05) is 0 Å². The number of hydrogen-bond donors (Lipinski definition) is 2. The van der Waals surface area contributed by atoms with Gasteiger partial charge in [-0.2, -0.15) is 0 Å². The highest BCUT2D eigenvalue weighted by molar-refractivity contribution is 4.80. The molecule has 0 fully saturated rings. The number of nitrogens with one attached hydrogen (secondary N) is 1. The maximum atomic E-state index is 5.68. The van der Waals surface area contributed by atoms with Gasteiger partial charge in [0.2, 0.25) is 0 Å². The topological polar surface area (TPSA) is 38.0 Å². The third-order valence-corrected chi connectivity index (χ3v) is 3.43. The van der Waals surface area contributed by atoms with Crippen LogP contribution in [0, 0.1) is 17.8 Å². The Morgan fingerprint density at radius 2 is 1.69 bits per heavy atom. The molecule has 0 heterocycles. The standard InChI is InChI=1S/C11H26N2/c1-6-8(2)11(13-5)10(4)9(3)7-12/h8-11,13H,6-7,12H2,1-5H3. The third kappa shape index (κ3) is 3.65. The summed E-state index contributed by atoms with van der Waals surface area (Å²) in [5.41, 5.74) is 5.68. The van der Waals surface area contributed by atoms with Crippen molar-refractivity contribution in [2.24, 2.45) is 23.5 Å². The molecule has 2 heteroatoms. The fraction of sp³-hybridized carbons (Fsp3) is 1.00. The molecule has 0 saturated heterocycles. The zero-order chi connectivity index (χ0) is 10.4. The van der Waals surface area contributed by atoms with Crippen molar-refractivity contribution < 1.29 is 0 Å². The van der Waals surface area contributed by atoms with E-state index in [9.17, 15) is 0 Å². The Balaban J connectivity index is 4.21. The first-order valence-electron chi connectivity index (χ1n) is 5.45. The van der Waals surface area contributed by atoms with E-state index in [4.69, 9.17) is 5.73 Å². The number of rotatable bonds is 6. The molecule has 13 heavy (non-hydrogen) atoms. The average molecular weight is 186 g/mol. The van der Waals surface area contributed by atoms with Gasteiger partial charge in [-0.25, -0.2) is 0 Å². The van der Waals surface area contributed by atoms with Gasteiger partial charge in [0.05, 0.1) is 0 Å². The normalized spacial score (nSPS) is 20.8. The van der Waals surface area contributed by atoms with Crippen LogP contribution in [0.3, 0.4) is 0 Å². The monoisotopic (exact) mass is 186 g/mol. The Kier molecular flexibility index (Phi) is 6.35. The smallest absolute Gasteiger partial charge is 0.0118 e. The molecule has 80 valence electrons. The third-order valence-electron chi connectivity index (χ3n) is 3.43. The van der Waals surface area contributed by atoms with Crippen LogP contribution < -0.4 is 11.1 Å². The Labute approximate surface area is 83.3 Å². The largest absolute Gasteiger partial charge is 0.330 e. The first kappa shape index (κ1) is 12.9. The Morgan fingerprint density at radius 3 is 2.00 bits per heavy atom. The number of nitrogens with two attached hydrogens (primary N) is 1. The Hall–Kier alpha value is -0.0800. The van der Waals surface area contributed by atoms with Crippen molar-refractivity contribution >= 4 is 0 Å². The highest BCUT2D eigenvalue weighted by Gasteiger charge is 2.24. The Bertz CT molecular complexity index is 125. The SMILES string of the molecule is CCC(C)C(NC)C(C)C(C)CN. The lowest BCUT2D eigenvalue weighted by atomic mass is 9.81. The van der Waals surface area contributed by atoms with Crippen LogP contribution in [0.5, 0.6) is 0 Å². The molecular weight excluding hydrogens is 160 g/mol. The predicted octanol–water partition coefficient (Wildman–Crippen LogP) is 1.85. The van der Waals surface area contributed by atoms with Gasteiger partial charge in [0.1, 0.15) is 0 Å². The predicted molar refractivity (Wildman–Crippen MR) is 59.7 cm³/mol. The van der Waals surface area contributed by atoms with Crippen LogP contribution in [0.4, 0.5) is 0 Å². The summed E-state index contributed by atoms with van der Waals surface area (Å²) in [6.45, 7) is 9.87. The van der Waals surface area contributed by atoms with Crippen molar-refractivity contribution in [2.45, 2.75) is 40.2 Å². The van der Waals surface area contributed by atoms with Crippen LogP contribution in [0.15, 0.2) is 0 Å². The molecule has 0 aromatic carbocycles. The molecule has 3 N–H and O–H groups in total. The molecule has 0 radical (unpaired) electrons. The van der Waals surface area contributed by atoms with Gasteiger partial charge in [-0.3, -0.25) is 0 Å². The van der Waals surface area contributed by atoms with Crippen LogP contribution >= 0.6 is 0 Å². The van der Waals surface area contributed by atoms with Gasteiger partial charge in [0, 0.05) is 6.04 Å². The lowest BCUT2D eigenvalue weighted by molar-refractivity contribution is 0.233. The lowest BCUT2D eigenvalue weighted by Gasteiger charge is -2.32.